The van der Waals surface area contributed by atoms with Crippen molar-refractivity contribution in [2.45, 2.75) is 38.7 Å². The molecule has 4 atom stereocenters. The van der Waals surface area contributed by atoms with Gasteiger partial charge in [0.25, 0.3) is 0 Å². The third kappa shape index (κ3) is 4.30. The molecular formula is C20H26O7. The monoisotopic (exact) mass is 378 g/mol. The molecule has 1 aliphatic rings. The molecule has 1 aliphatic carbocycles. The number of esters is 2. The smallest absolute Gasteiger partial charge is 0.317 e. The van der Waals surface area contributed by atoms with Crippen LogP contribution in [0.3, 0.4) is 0 Å². The summed E-state index contributed by atoms with van der Waals surface area (Å²) >= 11 is 0. The van der Waals surface area contributed by atoms with Gasteiger partial charge < -0.3 is 19.3 Å². The second-order valence-electron chi connectivity index (χ2n) is 6.76. The number of aliphatic hydroxyl groups is 1. The molecule has 148 valence electrons. The van der Waals surface area contributed by atoms with Crippen LogP contribution in [0.4, 0.5) is 0 Å². The molecule has 0 aromatic heterocycles. The van der Waals surface area contributed by atoms with Gasteiger partial charge in [0.05, 0.1) is 31.8 Å². The van der Waals surface area contributed by atoms with Gasteiger partial charge in [-0.05, 0) is 38.5 Å². The number of carbonyl (C=O) groups is 3. The minimum atomic E-state index is -1.65. The van der Waals surface area contributed by atoms with Gasteiger partial charge in [-0.3, -0.25) is 14.4 Å². The highest BCUT2D eigenvalue weighted by atomic mass is 16.5. The van der Waals surface area contributed by atoms with Gasteiger partial charge in [0.15, 0.2) is 5.78 Å². The van der Waals surface area contributed by atoms with Crippen LogP contribution in [0.1, 0.15) is 38.7 Å². The van der Waals surface area contributed by atoms with Crippen LogP contribution in [0, 0.1) is 11.8 Å². The lowest BCUT2D eigenvalue weighted by atomic mass is 9.61. The third-order valence-corrected chi connectivity index (χ3v) is 4.83. The Balaban J connectivity index is 2.63. The summed E-state index contributed by atoms with van der Waals surface area (Å²) in [6, 6.07) is 6.76. The number of hydrogen-bond donors (Lipinski definition) is 1. The second kappa shape index (κ2) is 8.52. The molecule has 27 heavy (non-hydrogen) atoms. The molecule has 7 heteroatoms. The van der Waals surface area contributed by atoms with E-state index >= 15 is 0 Å². The zero-order valence-electron chi connectivity index (χ0n) is 16.1. The van der Waals surface area contributed by atoms with Crippen molar-refractivity contribution in [1.82, 2.24) is 0 Å². The molecule has 1 saturated carbocycles. The molecule has 0 spiro atoms. The molecular weight excluding hydrogens is 352 g/mol. The second-order valence-corrected chi connectivity index (χ2v) is 6.76. The number of rotatable bonds is 6. The third-order valence-electron chi connectivity index (χ3n) is 4.83. The molecule has 1 aromatic rings. The molecule has 0 amide bonds. The van der Waals surface area contributed by atoms with Crippen LogP contribution in [0.15, 0.2) is 24.3 Å². The van der Waals surface area contributed by atoms with E-state index < -0.39 is 41.1 Å². The van der Waals surface area contributed by atoms with Crippen LogP contribution >= 0.6 is 0 Å². The molecule has 1 aromatic carbocycles. The zero-order valence-corrected chi connectivity index (χ0v) is 16.1. The molecule has 1 fully saturated rings. The highest BCUT2D eigenvalue weighted by Crippen LogP contribution is 2.47. The summed E-state index contributed by atoms with van der Waals surface area (Å²) in [5, 5.41) is 10.9. The maximum atomic E-state index is 12.7. The number of benzene rings is 1. The number of hydrogen-bond acceptors (Lipinski definition) is 7. The van der Waals surface area contributed by atoms with Gasteiger partial charge in [0.2, 0.25) is 0 Å². The number of carbonyl (C=O) groups excluding carboxylic acids is 3. The van der Waals surface area contributed by atoms with Crippen LogP contribution in [-0.4, -0.2) is 48.8 Å². The highest BCUT2D eigenvalue weighted by molar-refractivity contribution is 6.02. The largest absolute Gasteiger partial charge is 0.497 e. The Bertz CT molecular complexity index is 710. The Hall–Kier alpha value is -2.41. The Kier molecular flexibility index (Phi) is 6.59. The van der Waals surface area contributed by atoms with E-state index in [0.29, 0.717) is 11.3 Å². The molecule has 0 aliphatic heterocycles. The number of methoxy groups -OCH3 is 1. The molecule has 2 rings (SSSR count). The summed E-state index contributed by atoms with van der Waals surface area (Å²) in [4.78, 5) is 38.0. The number of ketones is 1. The first-order valence-corrected chi connectivity index (χ1v) is 8.99. The summed E-state index contributed by atoms with van der Waals surface area (Å²) in [5.74, 6) is -4.54. The summed E-state index contributed by atoms with van der Waals surface area (Å²) in [6.45, 7) is 4.94. The molecule has 0 bridgehead atoms. The van der Waals surface area contributed by atoms with E-state index in [9.17, 15) is 19.5 Å². The van der Waals surface area contributed by atoms with Crippen LogP contribution < -0.4 is 4.74 Å². The van der Waals surface area contributed by atoms with Gasteiger partial charge >= 0.3 is 11.9 Å². The van der Waals surface area contributed by atoms with Crippen molar-refractivity contribution in [3.8, 4) is 5.75 Å². The van der Waals surface area contributed by atoms with E-state index in [0.717, 1.165) is 0 Å². The van der Waals surface area contributed by atoms with Crippen molar-refractivity contribution in [2.75, 3.05) is 20.3 Å². The summed E-state index contributed by atoms with van der Waals surface area (Å²) in [6.07, 6.45) is -0.333. The number of Topliss-reactive ketones (excluding diaryl/α,β-unsaturated/α-hetero) is 1. The minimum Gasteiger partial charge on any atom is -0.497 e. The number of ether oxygens (including phenoxy) is 3. The van der Waals surface area contributed by atoms with Crippen molar-refractivity contribution in [2.24, 2.45) is 11.8 Å². The summed E-state index contributed by atoms with van der Waals surface area (Å²) in [7, 11) is 1.49. The van der Waals surface area contributed by atoms with Crippen molar-refractivity contribution >= 4 is 17.7 Å². The molecule has 7 nitrogen and oxygen atoms in total. The maximum Gasteiger partial charge on any atom is 0.317 e. The molecule has 0 heterocycles. The first-order valence-electron chi connectivity index (χ1n) is 8.99. The lowest BCUT2D eigenvalue weighted by molar-refractivity contribution is -0.172. The zero-order chi connectivity index (χ0) is 20.2. The van der Waals surface area contributed by atoms with Gasteiger partial charge in [0, 0.05) is 12.3 Å². The highest BCUT2D eigenvalue weighted by Gasteiger charge is 2.57. The summed E-state index contributed by atoms with van der Waals surface area (Å²) in [5.41, 5.74) is -1.13. The Labute approximate surface area is 158 Å². The predicted molar refractivity (Wildman–Crippen MR) is 96.2 cm³/mol. The van der Waals surface area contributed by atoms with Crippen LogP contribution in [-0.2, 0) is 23.9 Å². The van der Waals surface area contributed by atoms with Gasteiger partial charge in [-0.1, -0.05) is 12.1 Å². The van der Waals surface area contributed by atoms with E-state index in [1.807, 2.05) is 0 Å². The van der Waals surface area contributed by atoms with Gasteiger partial charge in [-0.25, -0.2) is 0 Å². The lowest BCUT2D eigenvalue weighted by Crippen LogP contribution is -2.55. The molecule has 0 unspecified atom stereocenters. The Morgan fingerprint density at radius 1 is 1.19 bits per heavy atom. The van der Waals surface area contributed by atoms with Crippen molar-refractivity contribution in [3.63, 3.8) is 0 Å². The Morgan fingerprint density at radius 2 is 1.81 bits per heavy atom. The summed E-state index contributed by atoms with van der Waals surface area (Å²) < 4.78 is 15.5. The van der Waals surface area contributed by atoms with Crippen molar-refractivity contribution in [1.29, 1.82) is 0 Å². The van der Waals surface area contributed by atoms with E-state index in [4.69, 9.17) is 14.2 Å². The average Bonchev–Trinajstić information content (AvgIpc) is 2.60. The average molecular weight is 378 g/mol. The normalized spacial score (nSPS) is 27.7. The van der Waals surface area contributed by atoms with E-state index in [1.165, 1.54) is 14.0 Å². The van der Waals surface area contributed by atoms with Crippen LogP contribution in [0.25, 0.3) is 0 Å². The first kappa shape index (κ1) is 20.9. The fraction of sp³-hybridized carbons (Fsp3) is 0.550. The fourth-order valence-electron chi connectivity index (χ4n) is 3.73. The predicted octanol–water partition coefficient (Wildman–Crippen LogP) is 1.86. The standard InChI is InChI=1S/C20H26O7/c1-5-26-18(22)16-14(21)11-20(3,24)17(19(23)27-6-2)15(16)12-8-7-9-13(10-12)25-4/h7-10,15-17,24H,5-6,11H2,1-4H3/t15-,16+,17-,20+/m0/s1. The first-order chi connectivity index (χ1) is 12.8. The quantitative estimate of drug-likeness (QED) is 0.596. The fourth-order valence-corrected chi connectivity index (χ4v) is 3.73. The topological polar surface area (TPSA) is 99.1 Å². The SMILES string of the molecule is CCOC(=O)[C@@H]1C(=O)C[C@@](C)(O)[C@H](C(=O)OCC)[C@H]1c1cccc(OC)c1. The van der Waals surface area contributed by atoms with E-state index in [2.05, 4.69) is 0 Å². The van der Waals surface area contributed by atoms with E-state index in [1.54, 1.807) is 38.1 Å². The molecule has 0 saturated heterocycles. The lowest BCUT2D eigenvalue weighted by Gasteiger charge is -2.43. The Morgan fingerprint density at radius 3 is 2.41 bits per heavy atom. The van der Waals surface area contributed by atoms with Crippen molar-refractivity contribution in [3.05, 3.63) is 29.8 Å². The van der Waals surface area contributed by atoms with Crippen molar-refractivity contribution < 1.29 is 33.7 Å². The minimum absolute atomic E-state index is 0.105. The van der Waals surface area contributed by atoms with E-state index in [-0.39, 0.29) is 19.6 Å². The molecule has 1 N–H and O–H groups in total. The van der Waals surface area contributed by atoms with Gasteiger partial charge in [-0.15, -0.1) is 0 Å². The van der Waals surface area contributed by atoms with Crippen LogP contribution in [0.5, 0.6) is 5.75 Å². The van der Waals surface area contributed by atoms with Gasteiger partial charge in [0.1, 0.15) is 11.7 Å². The molecule has 0 radical (unpaired) electrons. The van der Waals surface area contributed by atoms with Gasteiger partial charge in [-0.2, -0.15) is 0 Å². The van der Waals surface area contributed by atoms with Crippen LogP contribution in [0.2, 0.25) is 0 Å². The maximum absolute atomic E-state index is 12.7.